The van der Waals surface area contributed by atoms with Crippen molar-refractivity contribution < 1.29 is 14.1 Å². The molecule has 0 bridgehead atoms. The number of hydrogen-bond acceptors (Lipinski definition) is 5. The number of carbonyl (C=O) groups is 1. The molecule has 1 aromatic heterocycles. The highest BCUT2D eigenvalue weighted by Gasteiger charge is 2.15. The van der Waals surface area contributed by atoms with Gasteiger partial charge in [0.15, 0.2) is 0 Å². The SMILES string of the molecule is COc1cc(C(=O)Nc2cc(Cl)ccc2C#N)on1. The number of nitrogens with one attached hydrogen (secondary N) is 1. The molecule has 0 spiro atoms. The molecule has 0 atom stereocenters. The highest BCUT2D eigenvalue weighted by molar-refractivity contribution is 6.31. The van der Waals surface area contributed by atoms with Crippen molar-refractivity contribution >= 4 is 23.2 Å². The Kier molecular flexibility index (Phi) is 3.68. The quantitative estimate of drug-likeness (QED) is 0.931. The number of anilines is 1. The summed E-state index contributed by atoms with van der Waals surface area (Å²) in [6.07, 6.45) is 0. The van der Waals surface area contributed by atoms with E-state index in [0.717, 1.165) is 0 Å². The van der Waals surface area contributed by atoms with Crippen LogP contribution in [0.2, 0.25) is 5.02 Å². The zero-order chi connectivity index (χ0) is 13.8. The molecule has 96 valence electrons. The first-order valence-electron chi connectivity index (χ1n) is 5.15. The van der Waals surface area contributed by atoms with Crippen molar-refractivity contribution in [1.29, 1.82) is 5.26 Å². The fraction of sp³-hybridized carbons (Fsp3) is 0.0833. The molecule has 0 saturated heterocycles. The van der Waals surface area contributed by atoms with Gasteiger partial charge < -0.3 is 14.6 Å². The minimum Gasteiger partial charge on any atom is -0.479 e. The Labute approximate surface area is 113 Å². The lowest BCUT2D eigenvalue weighted by Gasteiger charge is -2.05. The molecule has 2 rings (SSSR count). The van der Waals surface area contributed by atoms with E-state index < -0.39 is 5.91 Å². The number of halogens is 1. The number of aromatic nitrogens is 1. The zero-order valence-electron chi connectivity index (χ0n) is 9.81. The highest BCUT2D eigenvalue weighted by Crippen LogP contribution is 2.21. The van der Waals surface area contributed by atoms with Crippen LogP contribution in [-0.2, 0) is 0 Å². The van der Waals surface area contributed by atoms with E-state index in [4.69, 9.17) is 26.1 Å². The van der Waals surface area contributed by atoms with Gasteiger partial charge in [-0.05, 0) is 23.4 Å². The summed E-state index contributed by atoms with van der Waals surface area (Å²) in [6, 6.07) is 7.84. The molecule has 1 amide bonds. The standard InChI is InChI=1S/C12H8ClN3O3/c1-18-11-5-10(19-16-11)12(17)15-9-4-8(13)3-2-7(9)6-14/h2-5H,1H3,(H,15,17). The van der Waals surface area contributed by atoms with Gasteiger partial charge in [-0.25, -0.2) is 0 Å². The molecular formula is C12H8ClN3O3. The van der Waals surface area contributed by atoms with Crippen LogP contribution >= 0.6 is 11.6 Å². The van der Waals surface area contributed by atoms with Gasteiger partial charge >= 0.3 is 0 Å². The van der Waals surface area contributed by atoms with Crippen LogP contribution < -0.4 is 10.1 Å². The maximum absolute atomic E-state index is 11.9. The Morgan fingerprint density at radius 2 is 2.32 bits per heavy atom. The van der Waals surface area contributed by atoms with Gasteiger partial charge in [-0.1, -0.05) is 11.6 Å². The van der Waals surface area contributed by atoms with Gasteiger partial charge in [-0.15, -0.1) is 0 Å². The van der Waals surface area contributed by atoms with E-state index >= 15 is 0 Å². The van der Waals surface area contributed by atoms with E-state index in [1.165, 1.54) is 25.3 Å². The maximum atomic E-state index is 11.9. The van der Waals surface area contributed by atoms with E-state index in [-0.39, 0.29) is 11.6 Å². The van der Waals surface area contributed by atoms with Crippen molar-refractivity contribution in [3.05, 3.63) is 40.6 Å². The van der Waals surface area contributed by atoms with Gasteiger partial charge in [0.05, 0.1) is 24.4 Å². The summed E-state index contributed by atoms with van der Waals surface area (Å²) < 4.78 is 9.59. The van der Waals surface area contributed by atoms with Crippen LogP contribution in [-0.4, -0.2) is 18.2 Å². The van der Waals surface area contributed by atoms with Crippen LogP contribution in [0.4, 0.5) is 5.69 Å². The van der Waals surface area contributed by atoms with Gasteiger partial charge in [0.1, 0.15) is 6.07 Å². The zero-order valence-corrected chi connectivity index (χ0v) is 10.6. The van der Waals surface area contributed by atoms with Gasteiger partial charge in [-0.2, -0.15) is 5.26 Å². The maximum Gasteiger partial charge on any atom is 0.294 e. The molecule has 2 aromatic rings. The lowest BCUT2D eigenvalue weighted by atomic mass is 10.2. The minimum atomic E-state index is -0.547. The second-order valence-corrected chi connectivity index (χ2v) is 3.93. The molecule has 7 heteroatoms. The molecule has 0 radical (unpaired) electrons. The Bertz CT molecular complexity index is 660. The molecule has 0 unspecified atom stereocenters. The predicted molar refractivity (Wildman–Crippen MR) is 67.2 cm³/mol. The van der Waals surface area contributed by atoms with E-state index in [0.29, 0.717) is 16.3 Å². The first kappa shape index (κ1) is 12.9. The van der Waals surface area contributed by atoms with Crippen LogP contribution in [0.15, 0.2) is 28.8 Å². The fourth-order valence-electron chi connectivity index (χ4n) is 1.36. The lowest BCUT2D eigenvalue weighted by Crippen LogP contribution is -2.12. The Morgan fingerprint density at radius 1 is 1.53 bits per heavy atom. The van der Waals surface area contributed by atoms with Crippen molar-refractivity contribution in [3.63, 3.8) is 0 Å². The molecule has 0 aliphatic rings. The average molecular weight is 278 g/mol. The molecule has 1 aromatic carbocycles. The minimum absolute atomic E-state index is 0.0271. The van der Waals surface area contributed by atoms with Gasteiger partial charge in [0.2, 0.25) is 5.76 Å². The Balaban J connectivity index is 2.23. The van der Waals surface area contributed by atoms with E-state index in [1.54, 1.807) is 6.07 Å². The summed E-state index contributed by atoms with van der Waals surface area (Å²) in [4.78, 5) is 11.9. The summed E-state index contributed by atoms with van der Waals surface area (Å²) in [5.41, 5.74) is 0.597. The summed E-state index contributed by atoms with van der Waals surface area (Å²) in [5.74, 6) is -0.382. The summed E-state index contributed by atoms with van der Waals surface area (Å²) in [6.45, 7) is 0. The fourth-order valence-corrected chi connectivity index (χ4v) is 1.54. The number of ether oxygens (including phenoxy) is 1. The topological polar surface area (TPSA) is 88.1 Å². The molecule has 0 aliphatic carbocycles. The molecule has 0 fully saturated rings. The highest BCUT2D eigenvalue weighted by atomic mass is 35.5. The molecule has 0 aliphatic heterocycles. The van der Waals surface area contributed by atoms with E-state index in [2.05, 4.69) is 10.5 Å². The number of carbonyl (C=O) groups excluding carboxylic acids is 1. The Morgan fingerprint density at radius 3 is 2.95 bits per heavy atom. The smallest absolute Gasteiger partial charge is 0.294 e. The third-order valence-corrected chi connectivity index (χ3v) is 2.51. The molecule has 0 saturated carbocycles. The second kappa shape index (κ2) is 5.42. The Hall–Kier alpha value is -2.52. The van der Waals surface area contributed by atoms with Crippen LogP contribution in [0.1, 0.15) is 16.1 Å². The van der Waals surface area contributed by atoms with Crippen molar-refractivity contribution in [2.75, 3.05) is 12.4 Å². The van der Waals surface area contributed by atoms with Gasteiger partial charge in [-0.3, -0.25) is 4.79 Å². The lowest BCUT2D eigenvalue weighted by molar-refractivity contribution is 0.0987. The normalized spacial score (nSPS) is 9.74. The number of amides is 1. The molecule has 6 nitrogen and oxygen atoms in total. The van der Waals surface area contributed by atoms with Crippen molar-refractivity contribution in [2.45, 2.75) is 0 Å². The number of nitriles is 1. The number of hydrogen-bond donors (Lipinski definition) is 1. The van der Waals surface area contributed by atoms with Crippen LogP contribution in [0.25, 0.3) is 0 Å². The summed E-state index contributed by atoms with van der Waals surface area (Å²) >= 11 is 5.81. The average Bonchev–Trinajstić information content (AvgIpc) is 2.88. The number of benzene rings is 1. The van der Waals surface area contributed by atoms with Crippen molar-refractivity contribution in [1.82, 2.24) is 5.16 Å². The van der Waals surface area contributed by atoms with Gasteiger partial charge in [0, 0.05) is 5.02 Å². The van der Waals surface area contributed by atoms with Gasteiger partial charge in [0.25, 0.3) is 11.8 Å². The molecule has 1 N–H and O–H groups in total. The number of rotatable bonds is 3. The predicted octanol–water partition coefficient (Wildman–Crippen LogP) is 2.46. The van der Waals surface area contributed by atoms with Crippen LogP contribution in [0.5, 0.6) is 5.88 Å². The van der Waals surface area contributed by atoms with Crippen molar-refractivity contribution in [3.8, 4) is 11.9 Å². The number of nitrogens with zero attached hydrogens (tertiary/aromatic N) is 2. The second-order valence-electron chi connectivity index (χ2n) is 3.49. The third-order valence-electron chi connectivity index (χ3n) is 2.27. The molecular weight excluding hydrogens is 270 g/mol. The largest absolute Gasteiger partial charge is 0.479 e. The molecule has 1 heterocycles. The third kappa shape index (κ3) is 2.84. The van der Waals surface area contributed by atoms with Crippen LogP contribution in [0, 0.1) is 11.3 Å². The first-order valence-corrected chi connectivity index (χ1v) is 5.53. The van der Waals surface area contributed by atoms with Crippen molar-refractivity contribution in [2.24, 2.45) is 0 Å². The number of methoxy groups -OCH3 is 1. The van der Waals surface area contributed by atoms with E-state index in [9.17, 15) is 4.79 Å². The molecule has 19 heavy (non-hydrogen) atoms. The summed E-state index contributed by atoms with van der Waals surface area (Å²) in [7, 11) is 1.41. The summed E-state index contributed by atoms with van der Waals surface area (Å²) in [5, 5.41) is 15.4. The first-order chi connectivity index (χ1) is 9.13. The van der Waals surface area contributed by atoms with E-state index in [1.807, 2.05) is 6.07 Å². The van der Waals surface area contributed by atoms with Crippen LogP contribution in [0.3, 0.4) is 0 Å². The monoisotopic (exact) mass is 277 g/mol.